The van der Waals surface area contributed by atoms with Crippen molar-refractivity contribution < 1.29 is 29.3 Å². The largest absolute Gasteiger partial charge is 0.494 e. The molecule has 13 nitrogen and oxygen atoms in total. The summed E-state index contributed by atoms with van der Waals surface area (Å²) < 4.78 is 12.5. The van der Waals surface area contributed by atoms with Crippen molar-refractivity contribution in [2.24, 2.45) is 0 Å². The van der Waals surface area contributed by atoms with Crippen LogP contribution in [-0.4, -0.2) is 78.7 Å². The second-order valence-electron chi connectivity index (χ2n) is 10.4. The van der Waals surface area contributed by atoms with Crippen LogP contribution in [0.25, 0.3) is 11.2 Å². The average Bonchev–Trinajstić information content (AvgIpc) is 3.31. The van der Waals surface area contributed by atoms with Gasteiger partial charge in [-0.2, -0.15) is 0 Å². The molecule has 1 aromatic carbocycles. The molecular formula is C26H35N7O6. The number of nitrogens with two attached hydrogens (primary N) is 1. The van der Waals surface area contributed by atoms with Gasteiger partial charge in [0.15, 0.2) is 11.5 Å². The van der Waals surface area contributed by atoms with Crippen molar-refractivity contribution in [2.75, 3.05) is 18.9 Å². The van der Waals surface area contributed by atoms with Crippen LogP contribution >= 0.6 is 0 Å². The molecule has 2 amide bonds. The van der Waals surface area contributed by atoms with E-state index < -0.39 is 36.0 Å². The highest BCUT2D eigenvalue weighted by molar-refractivity contribution is 5.94. The van der Waals surface area contributed by atoms with Crippen molar-refractivity contribution in [1.29, 1.82) is 0 Å². The Morgan fingerprint density at radius 3 is 2.56 bits per heavy atom. The van der Waals surface area contributed by atoms with Crippen LogP contribution in [-0.2, 0) is 4.74 Å². The zero-order valence-corrected chi connectivity index (χ0v) is 22.2. The van der Waals surface area contributed by atoms with Gasteiger partial charge < -0.3 is 40.6 Å². The molecule has 210 valence electrons. The third-order valence-electron chi connectivity index (χ3n) is 6.37. The normalized spacial score (nSPS) is 21.4. The van der Waals surface area contributed by atoms with E-state index in [9.17, 15) is 19.8 Å². The molecule has 13 heteroatoms. The van der Waals surface area contributed by atoms with E-state index in [4.69, 9.17) is 15.2 Å². The number of ether oxygens (including phenoxy) is 2. The summed E-state index contributed by atoms with van der Waals surface area (Å²) in [6, 6.07) is 5.49. The summed E-state index contributed by atoms with van der Waals surface area (Å²) in [7, 11) is 0. The number of carbonyl (C=O) groups excluding carboxylic acids is 2. The van der Waals surface area contributed by atoms with E-state index in [2.05, 4.69) is 25.6 Å². The first kappa shape index (κ1) is 28.0. The summed E-state index contributed by atoms with van der Waals surface area (Å²) in [5, 5.41) is 27.1. The van der Waals surface area contributed by atoms with Gasteiger partial charge in [0.05, 0.1) is 25.0 Å². The van der Waals surface area contributed by atoms with Crippen molar-refractivity contribution in [1.82, 2.24) is 30.2 Å². The van der Waals surface area contributed by atoms with Crippen LogP contribution in [0.4, 0.5) is 10.6 Å². The van der Waals surface area contributed by atoms with Gasteiger partial charge in [-0.15, -0.1) is 0 Å². The van der Waals surface area contributed by atoms with Crippen molar-refractivity contribution in [3.63, 3.8) is 0 Å². The molecule has 2 heterocycles. The topological polar surface area (TPSA) is 187 Å². The lowest BCUT2D eigenvalue weighted by atomic mass is 9.85. The smallest absolute Gasteiger partial charge is 0.407 e. The molecule has 0 spiro atoms. The van der Waals surface area contributed by atoms with Crippen LogP contribution < -0.4 is 21.1 Å². The van der Waals surface area contributed by atoms with E-state index in [0.717, 1.165) is 0 Å². The minimum atomic E-state index is -1.19. The summed E-state index contributed by atoms with van der Waals surface area (Å²) >= 11 is 0. The molecule has 0 aliphatic heterocycles. The molecule has 39 heavy (non-hydrogen) atoms. The fraction of sp³-hybridized carbons (Fsp3) is 0.500. The number of aliphatic hydroxyl groups is 2. The monoisotopic (exact) mass is 541 g/mol. The Labute approximate surface area is 225 Å². The van der Waals surface area contributed by atoms with Crippen molar-refractivity contribution >= 4 is 29.0 Å². The van der Waals surface area contributed by atoms with E-state index in [1.807, 2.05) is 0 Å². The standard InChI is InChI=1S/C26H35N7O6/c1-26(2,3)39-25(37)28-11-4-12-38-16-7-5-15(6-8-16)24(36)32-17-9-10-18(21(35)20(17)34)33-14-31-19-22(27)29-13-30-23(19)33/h5-8,13-14,17-18,20-21,34-35H,4,9-12H2,1-3H3,(H,28,37)(H,32,36)(H2,27,29,30)/t17-,18-,20-,21-/m1/s1. The van der Waals surface area contributed by atoms with Gasteiger partial charge in [-0.25, -0.2) is 19.7 Å². The fourth-order valence-corrected chi connectivity index (χ4v) is 4.45. The SMILES string of the molecule is CC(C)(C)OC(=O)NCCCOc1ccc(C(=O)N[C@@H]2CC[C@@H](n3cnc4c(N)ncnc43)[C@@H](O)[C@@H]2O)cc1. The molecule has 4 rings (SSSR count). The third-order valence-corrected chi connectivity index (χ3v) is 6.37. The number of aromatic nitrogens is 4. The molecule has 1 fully saturated rings. The Hall–Kier alpha value is -3.97. The lowest BCUT2D eigenvalue weighted by Gasteiger charge is -2.38. The minimum Gasteiger partial charge on any atom is -0.494 e. The quantitative estimate of drug-likeness (QED) is 0.262. The predicted molar refractivity (Wildman–Crippen MR) is 142 cm³/mol. The minimum absolute atomic E-state index is 0.237. The highest BCUT2D eigenvalue weighted by Crippen LogP contribution is 2.32. The number of imidazole rings is 1. The summed E-state index contributed by atoms with van der Waals surface area (Å²) in [5.74, 6) is 0.449. The van der Waals surface area contributed by atoms with Gasteiger partial charge in [-0.1, -0.05) is 0 Å². The molecule has 4 atom stereocenters. The molecule has 1 saturated carbocycles. The molecule has 0 radical (unpaired) electrons. The van der Waals surface area contributed by atoms with Crippen LogP contribution in [0.3, 0.4) is 0 Å². The number of hydrogen-bond donors (Lipinski definition) is 5. The van der Waals surface area contributed by atoms with Gasteiger partial charge in [-0.05, 0) is 64.3 Å². The second-order valence-corrected chi connectivity index (χ2v) is 10.4. The predicted octanol–water partition coefficient (Wildman–Crippen LogP) is 1.56. The lowest BCUT2D eigenvalue weighted by Crippen LogP contribution is -2.54. The van der Waals surface area contributed by atoms with E-state index >= 15 is 0 Å². The van der Waals surface area contributed by atoms with Gasteiger partial charge in [0, 0.05) is 12.1 Å². The van der Waals surface area contributed by atoms with Crippen LogP contribution in [0.15, 0.2) is 36.9 Å². The van der Waals surface area contributed by atoms with Gasteiger partial charge >= 0.3 is 6.09 Å². The summed E-state index contributed by atoms with van der Waals surface area (Å²) in [5.41, 5.74) is 6.60. The second kappa shape index (κ2) is 11.8. The number of hydrogen-bond acceptors (Lipinski definition) is 10. The van der Waals surface area contributed by atoms with Gasteiger partial charge in [0.2, 0.25) is 0 Å². The number of amides is 2. The van der Waals surface area contributed by atoms with Gasteiger partial charge in [0.1, 0.15) is 35.4 Å². The summed E-state index contributed by atoms with van der Waals surface area (Å²) in [6.07, 6.45) is 1.53. The van der Waals surface area contributed by atoms with Crippen molar-refractivity contribution in [3.05, 3.63) is 42.5 Å². The number of benzene rings is 1. The lowest BCUT2D eigenvalue weighted by molar-refractivity contribution is -0.0552. The summed E-state index contributed by atoms with van der Waals surface area (Å²) in [6.45, 7) is 6.18. The third kappa shape index (κ3) is 6.92. The Kier molecular flexibility index (Phi) is 8.51. The molecule has 3 aromatic rings. The highest BCUT2D eigenvalue weighted by Gasteiger charge is 2.39. The van der Waals surface area contributed by atoms with E-state index in [-0.39, 0.29) is 11.7 Å². The zero-order valence-electron chi connectivity index (χ0n) is 22.2. The van der Waals surface area contributed by atoms with Crippen molar-refractivity contribution in [2.45, 2.75) is 69.9 Å². The van der Waals surface area contributed by atoms with Crippen LogP contribution in [0.5, 0.6) is 5.75 Å². The Bertz CT molecular complexity index is 1290. The Morgan fingerprint density at radius 1 is 1.10 bits per heavy atom. The maximum atomic E-state index is 12.8. The van der Waals surface area contributed by atoms with E-state index in [1.165, 1.54) is 12.7 Å². The Morgan fingerprint density at radius 2 is 1.85 bits per heavy atom. The number of nitrogens with one attached hydrogen (secondary N) is 2. The number of anilines is 1. The highest BCUT2D eigenvalue weighted by atomic mass is 16.6. The van der Waals surface area contributed by atoms with Crippen molar-refractivity contribution in [3.8, 4) is 5.75 Å². The van der Waals surface area contributed by atoms with Crippen LogP contribution in [0.1, 0.15) is 56.4 Å². The van der Waals surface area contributed by atoms with E-state index in [0.29, 0.717) is 54.9 Å². The maximum Gasteiger partial charge on any atom is 0.407 e. The molecular weight excluding hydrogens is 506 g/mol. The molecule has 2 aromatic heterocycles. The molecule has 0 unspecified atom stereocenters. The number of carbonyl (C=O) groups is 2. The zero-order chi connectivity index (χ0) is 28.2. The number of nitrogens with zero attached hydrogens (tertiary/aromatic N) is 4. The molecule has 0 bridgehead atoms. The van der Waals surface area contributed by atoms with E-state index in [1.54, 1.807) is 49.6 Å². The maximum absolute atomic E-state index is 12.8. The van der Waals surface area contributed by atoms with Crippen LogP contribution in [0.2, 0.25) is 0 Å². The number of alkyl carbamates (subject to hydrolysis) is 1. The van der Waals surface area contributed by atoms with Crippen LogP contribution in [0, 0.1) is 0 Å². The molecule has 6 N–H and O–H groups in total. The van der Waals surface area contributed by atoms with Gasteiger partial charge in [-0.3, -0.25) is 4.79 Å². The molecule has 1 aliphatic carbocycles. The molecule has 1 aliphatic rings. The number of aliphatic hydroxyl groups excluding tert-OH is 2. The fourth-order valence-electron chi connectivity index (χ4n) is 4.45. The number of rotatable bonds is 8. The Balaban J connectivity index is 1.25. The van der Waals surface area contributed by atoms with Gasteiger partial charge in [0.25, 0.3) is 5.91 Å². The molecule has 0 saturated heterocycles. The number of fused-ring (bicyclic) bond motifs is 1. The summed E-state index contributed by atoms with van der Waals surface area (Å²) in [4.78, 5) is 36.8. The first-order chi connectivity index (χ1) is 18.5. The number of nitrogen functional groups attached to an aromatic ring is 1. The first-order valence-electron chi connectivity index (χ1n) is 12.8. The first-order valence-corrected chi connectivity index (χ1v) is 12.8. The average molecular weight is 542 g/mol.